The van der Waals surface area contributed by atoms with E-state index in [9.17, 15) is 14.4 Å². The molecule has 0 bridgehead atoms. The normalized spacial score (nSPS) is 10.6. The maximum absolute atomic E-state index is 11.9. The van der Waals surface area contributed by atoms with Gasteiger partial charge in [0.05, 0.1) is 4.88 Å². The van der Waals surface area contributed by atoms with Gasteiger partial charge in [0.25, 0.3) is 0 Å². The first-order valence-corrected chi connectivity index (χ1v) is 8.25. The van der Waals surface area contributed by atoms with Crippen LogP contribution in [0.25, 0.3) is 11.0 Å². The van der Waals surface area contributed by atoms with Crippen molar-refractivity contribution in [2.24, 2.45) is 0 Å². The molecule has 3 aromatic rings. The zero-order valence-electron chi connectivity index (χ0n) is 13.3. The summed E-state index contributed by atoms with van der Waals surface area (Å²) >= 11 is 1.35. The number of carbonyl (C=O) groups excluding carboxylic acids is 2. The molecule has 25 heavy (non-hydrogen) atoms. The molecule has 0 amide bonds. The second-order valence-electron chi connectivity index (χ2n) is 5.24. The third kappa shape index (κ3) is 4.33. The Morgan fingerprint density at radius 2 is 1.88 bits per heavy atom. The Morgan fingerprint density at radius 1 is 1.08 bits per heavy atom. The molecule has 7 heteroatoms. The number of ketones is 1. The third-order valence-electron chi connectivity index (χ3n) is 3.33. The van der Waals surface area contributed by atoms with Crippen molar-refractivity contribution in [1.29, 1.82) is 0 Å². The number of rotatable bonds is 6. The molecule has 1 aromatic carbocycles. The van der Waals surface area contributed by atoms with Gasteiger partial charge in [-0.3, -0.25) is 4.79 Å². The summed E-state index contributed by atoms with van der Waals surface area (Å²) < 4.78 is 15.3. The molecule has 0 spiro atoms. The lowest BCUT2D eigenvalue weighted by Gasteiger charge is -2.07. The third-order valence-corrected chi connectivity index (χ3v) is 4.37. The molecule has 0 atom stereocenters. The molecule has 0 fully saturated rings. The summed E-state index contributed by atoms with van der Waals surface area (Å²) in [6.45, 7) is 1.22. The lowest BCUT2D eigenvalue weighted by Crippen LogP contribution is -2.19. The molecule has 3 rings (SSSR count). The minimum absolute atomic E-state index is 0.251. The van der Waals surface area contributed by atoms with Crippen molar-refractivity contribution < 1.29 is 23.5 Å². The Balaban J connectivity index is 1.53. The van der Waals surface area contributed by atoms with E-state index in [2.05, 4.69) is 0 Å². The van der Waals surface area contributed by atoms with Crippen molar-refractivity contribution in [1.82, 2.24) is 0 Å². The average Bonchev–Trinajstić information content (AvgIpc) is 3.04. The molecule has 0 aliphatic heterocycles. The summed E-state index contributed by atoms with van der Waals surface area (Å²) in [5.74, 6) is -0.547. The fourth-order valence-corrected chi connectivity index (χ4v) is 2.91. The topological polar surface area (TPSA) is 82.8 Å². The van der Waals surface area contributed by atoms with Gasteiger partial charge in [-0.25, -0.2) is 9.59 Å². The summed E-state index contributed by atoms with van der Waals surface area (Å²) in [4.78, 5) is 36.4. The Hall–Kier alpha value is -2.93. The molecule has 0 aliphatic carbocycles. The number of thiophene rings is 1. The highest BCUT2D eigenvalue weighted by Gasteiger charge is 2.12. The predicted molar refractivity (Wildman–Crippen MR) is 92.3 cm³/mol. The molecule has 0 N–H and O–H groups in total. The van der Waals surface area contributed by atoms with Crippen LogP contribution in [-0.2, 0) is 9.53 Å². The molecular weight excluding hydrogens is 344 g/mol. The van der Waals surface area contributed by atoms with Crippen LogP contribution in [0.15, 0.2) is 51.7 Å². The van der Waals surface area contributed by atoms with Crippen LogP contribution in [0.5, 0.6) is 5.75 Å². The summed E-state index contributed by atoms with van der Waals surface area (Å²) in [6, 6.07) is 11.4. The van der Waals surface area contributed by atoms with Gasteiger partial charge in [0.1, 0.15) is 11.3 Å². The highest BCUT2D eigenvalue weighted by Crippen LogP contribution is 2.19. The van der Waals surface area contributed by atoms with Gasteiger partial charge in [0.15, 0.2) is 13.2 Å². The average molecular weight is 358 g/mol. The number of Topliss-reactive ketones (excluding diaryl/α,β-unsaturated/α-hetero) is 1. The van der Waals surface area contributed by atoms with Gasteiger partial charge in [-0.2, -0.15) is 0 Å². The van der Waals surface area contributed by atoms with Crippen molar-refractivity contribution in [2.75, 3.05) is 13.2 Å². The van der Waals surface area contributed by atoms with Crippen molar-refractivity contribution >= 4 is 34.1 Å². The fraction of sp³-hybridized carbons (Fsp3) is 0.167. The van der Waals surface area contributed by atoms with Crippen molar-refractivity contribution in [3.63, 3.8) is 0 Å². The van der Waals surface area contributed by atoms with Gasteiger partial charge in [0, 0.05) is 22.4 Å². The van der Waals surface area contributed by atoms with E-state index in [1.54, 1.807) is 24.3 Å². The van der Waals surface area contributed by atoms with E-state index in [0.29, 0.717) is 16.2 Å². The van der Waals surface area contributed by atoms with Crippen LogP contribution in [0.1, 0.15) is 14.5 Å². The van der Waals surface area contributed by atoms with E-state index in [1.807, 2.05) is 13.0 Å². The largest absolute Gasteiger partial charge is 0.482 e. The number of hydrogen-bond donors (Lipinski definition) is 0. The standard InChI is InChI=1S/C18H14O6S/c1-11-2-6-16(25-11)14(19)9-23-18(21)10-22-13-5-3-12-4-7-17(20)24-15(12)8-13/h2-8H,9-10H2,1H3. The zero-order valence-corrected chi connectivity index (χ0v) is 14.1. The molecule has 128 valence electrons. The molecular formula is C18H14O6S. The quantitative estimate of drug-likeness (QED) is 0.383. The first kappa shape index (κ1) is 16.9. The van der Waals surface area contributed by atoms with E-state index in [0.717, 1.165) is 10.3 Å². The maximum Gasteiger partial charge on any atom is 0.344 e. The monoisotopic (exact) mass is 358 g/mol. The predicted octanol–water partition coefficient (Wildman–Crippen LogP) is 2.97. The minimum Gasteiger partial charge on any atom is -0.482 e. The number of carbonyl (C=O) groups is 2. The van der Waals surface area contributed by atoms with Crippen molar-refractivity contribution in [3.05, 3.63) is 62.6 Å². The van der Waals surface area contributed by atoms with Crippen LogP contribution in [-0.4, -0.2) is 25.0 Å². The number of fused-ring (bicyclic) bond motifs is 1. The van der Waals surface area contributed by atoms with Gasteiger partial charge in [0.2, 0.25) is 5.78 Å². The molecule has 2 aromatic heterocycles. The Morgan fingerprint density at radius 3 is 2.64 bits per heavy atom. The van der Waals surface area contributed by atoms with Crippen LogP contribution in [0, 0.1) is 6.92 Å². The molecule has 2 heterocycles. The molecule has 0 aliphatic rings. The lowest BCUT2D eigenvalue weighted by molar-refractivity contribution is -0.144. The number of ether oxygens (including phenoxy) is 2. The van der Waals surface area contributed by atoms with Gasteiger partial charge in [-0.1, -0.05) is 0 Å². The van der Waals surface area contributed by atoms with Gasteiger partial charge >= 0.3 is 11.6 Å². The highest BCUT2D eigenvalue weighted by molar-refractivity contribution is 7.14. The Bertz CT molecular complexity index is 984. The second kappa shape index (κ2) is 7.31. The first-order chi connectivity index (χ1) is 12.0. The Labute approximate surface area is 146 Å². The van der Waals surface area contributed by atoms with E-state index in [4.69, 9.17) is 13.9 Å². The van der Waals surface area contributed by atoms with Crippen LogP contribution in [0.3, 0.4) is 0 Å². The maximum atomic E-state index is 11.9. The summed E-state index contributed by atoms with van der Waals surface area (Å²) in [5, 5.41) is 0.742. The summed E-state index contributed by atoms with van der Waals surface area (Å²) in [6.07, 6.45) is 0. The minimum atomic E-state index is -0.656. The van der Waals surface area contributed by atoms with Crippen molar-refractivity contribution in [3.8, 4) is 5.75 Å². The number of hydrogen-bond acceptors (Lipinski definition) is 7. The van der Waals surface area contributed by atoms with E-state index >= 15 is 0 Å². The van der Waals surface area contributed by atoms with Gasteiger partial charge < -0.3 is 13.9 Å². The number of benzene rings is 1. The van der Waals surface area contributed by atoms with E-state index in [-0.39, 0.29) is 19.0 Å². The smallest absolute Gasteiger partial charge is 0.344 e. The van der Waals surface area contributed by atoms with Gasteiger partial charge in [-0.05, 0) is 37.3 Å². The number of aryl methyl sites for hydroxylation is 1. The number of esters is 1. The van der Waals surface area contributed by atoms with Crippen molar-refractivity contribution in [2.45, 2.75) is 6.92 Å². The second-order valence-corrected chi connectivity index (χ2v) is 6.52. The van der Waals surface area contributed by atoms with Crippen LogP contribution >= 0.6 is 11.3 Å². The SMILES string of the molecule is Cc1ccc(C(=O)COC(=O)COc2ccc3ccc(=O)oc3c2)s1. The van der Waals surface area contributed by atoms with E-state index in [1.165, 1.54) is 23.5 Å². The fourth-order valence-electron chi connectivity index (χ4n) is 2.12. The van der Waals surface area contributed by atoms with Crippen LogP contribution in [0.4, 0.5) is 0 Å². The lowest BCUT2D eigenvalue weighted by atomic mass is 10.2. The molecule has 0 saturated carbocycles. The summed E-state index contributed by atoms with van der Waals surface area (Å²) in [7, 11) is 0. The Kier molecular flexibility index (Phi) is 4.95. The highest BCUT2D eigenvalue weighted by atomic mass is 32.1. The molecule has 6 nitrogen and oxygen atoms in total. The first-order valence-electron chi connectivity index (χ1n) is 7.43. The van der Waals surface area contributed by atoms with Gasteiger partial charge in [-0.15, -0.1) is 11.3 Å². The van der Waals surface area contributed by atoms with Crippen LogP contribution < -0.4 is 10.4 Å². The molecule has 0 radical (unpaired) electrons. The molecule has 0 saturated heterocycles. The molecule has 0 unspecified atom stereocenters. The van der Waals surface area contributed by atoms with Crippen LogP contribution in [0.2, 0.25) is 0 Å². The van der Waals surface area contributed by atoms with E-state index < -0.39 is 11.6 Å². The summed E-state index contributed by atoms with van der Waals surface area (Å²) in [5.41, 5.74) is -0.104. The zero-order chi connectivity index (χ0) is 17.8.